The van der Waals surface area contributed by atoms with E-state index in [1.165, 1.54) is 5.39 Å². The predicted molar refractivity (Wildman–Crippen MR) is 190 cm³/mol. The highest BCUT2D eigenvalue weighted by atomic mass is 16.3. The van der Waals surface area contributed by atoms with Crippen molar-refractivity contribution >= 4 is 32.6 Å². The lowest BCUT2D eigenvalue weighted by atomic mass is 10.0. The molecule has 0 atom stereocenters. The Hall–Kier alpha value is -6.46. The third kappa shape index (κ3) is 5.00. The Kier molecular flexibility index (Phi) is 6.39. The molecule has 0 radical (unpaired) electrons. The molecule has 220 valence electrons. The average molecular weight is 603 g/mol. The van der Waals surface area contributed by atoms with Gasteiger partial charge in [0.05, 0.1) is 0 Å². The Balaban J connectivity index is 1.09. The van der Waals surface area contributed by atoms with Crippen LogP contribution in [-0.4, -0.2) is 19.9 Å². The minimum atomic E-state index is 0.608. The van der Waals surface area contributed by atoms with Gasteiger partial charge in [-0.1, -0.05) is 127 Å². The highest BCUT2D eigenvalue weighted by Gasteiger charge is 2.15. The van der Waals surface area contributed by atoms with E-state index in [1.807, 2.05) is 60.7 Å². The van der Waals surface area contributed by atoms with Crippen molar-refractivity contribution in [3.63, 3.8) is 0 Å². The molecule has 2 heterocycles. The number of fused-ring (bicyclic) bond motifs is 4. The molecule has 0 aliphatic heterocycles. The molecule has 0 saturated heterocycles. The monoisotopic (exact) mass is 602 g/mol. The normalized spacial score (nSPS) is 11.4. The molecule has 0 fully saturated rings. The first-order chi connectivity index (χ1) is 23.2. The molecule has 47 heavy (non-hydrogen) atoms. The number of hydrogen-bond donors (Lipinski definition) is 0. The van der Waals surface area contributed by atoms with E-state index in [1.54, 1.807) is 0 Å². The minimum Gasteiger partial charge on any atom is -0.436 e. The van der Waals surface area contributed by atoms with Crippen molar-refractivity contribution in [2.24, 2.45) is 0 Å². The molecule has 0 amide bonds. The molecule has 0 aliphatic rings. The zero-order chi connectivity index (χ0) is 31.2. The van der Waals surface area contributed by atoms with Gasteiger partial charge in [0.1, 0.15) is 5.52 Å². The Bertz CT molecular complexity index is 2570. The predicted octanol–water partition coefficient (Wildman–Crippen LogP) is 10.7. The molecule has 9 aromatic rings. The molecule has 0 saturated carbocycles. The summed E-state index contributed by atoms with van der Waals surface area (Å²) in [7, 11) is 0. The van der Waals surface area contributed by atoms with Gasteiger partial charge >= 0.3 is 0 Å². The molecule has 9 rings (SSSR count). The fourth-order valence-electron chi connectivity index (χ4n) is 6.11. The number of hydrogen-bond acceptors (Lipinski definition) is 5. The van der Waals surface area contributed by atoms with Gasteiger partial charge in [0.25, 0.3) is 0 Å². The second-order valence-corrected chi connectivity index (χ2v) is 11.5. The van der Waals surface area contributed by atoms with E-state index in [0.29, 0.717) is 23.4 Å². The molecule has 0 N–H and O–H groups in total. The van der Waals surface area contributed by atoms with Gasteiger partial charge in [0.15, 0.2) is 23.1 Å². The van der Waals surface area contributed by atoms with Crippen LogP contribution in [0.1, 0.15) is 0 Å². The van der Waals surface area contributed by atoms with E-state index in [-0.39, 0.29) is 0 Å². The lowest BCUT2D eigenvalue weighted by Gasteiger charge is -2.10. The first kappa shape index (κ1) is 26.9. The molecule has 5 nitrogen and oxygen atoms in total. The van der Waals surface area contributed by atoms with Crippen LogP contribution in [0, 0.1) is 0 Å². The number of rotatable bonds is 5. The van der Waals surface area contributed by atoms with Gasteiger partial charge in [-0.05, 0) is 57.6 Å². The van der Waals surface area contributed by atoms with Crippen LogP contribution < -0.4 is 0 Å². The van der Waals surface area contributed by atoms with Crippen LogP contribution in [0.3, 0.4) is 0 Å². The molecular weight excluding hydrogens is 576 g/mol. The van der Waals surface area contributed by atoms with Crippen LogP contribution in [-0.2, 0) is 0 Å². The van der Waals surface area contributed by atoms with Crippen molar-refractivity contribution < 1.29 is 4.42 Å². The molecule has 2 aromatic heterocycles. The van der Waals surface area contributed by atoms with Crippen LogP contribution in [0.15, 0.2) is 162 Å². The summed E-state index contributed by atoms with van der Waals surface area (Å²) >= 11 is 0. The lowest BCUT2D eigenvalue weighted by Crippen LogP contribution is -2.00. The summed E-state index contributed by atoms with van der Waals surface area (Å²) in [6, 6.07) is 53.7. The number of nitrogens with zero attached hydrogens (tertiary/aromatic N) is 4. The third-order valence-electron chi connectivity index (χ3n) is 8.54. The first-order valence-corrected chi connectivity index (χ1v) is 15.6. The summed E-state index contributed by atoms with van der Waals surface area (Å²) in [6.07, 6.45) is 0. The summed E-state index contributed by atoms with van der Waals surface area (Å²) in [5.41, 5.74) is 7.53. The van der Waals surface area contributed by atoms with Gasteiger partial charge in [0.2, 0.25) is 5.89 Å². The second kappa shape index (κ2) is 11.2. The fraction of sp³-hybridized carbons (Fsp3) is 0. The standard InChI is InChI=1S/C42H26N4O/c1-2-11-30(12-3-1)39-44-40(46-41(45-39)35-22-19-27-9-4-5-13-32(27)26-35)34-15-8-14-33(25-34)28-17-20-31(21-18-28)42-43-38-36-16-7-6-10-29(36)23-24-37(38)47-42/h1-26H. The maximum Gasteiger partial charge on any atom is 0.227 e. The number of benzene rings is 7. The molecule has 7 aromatic carbocycles. The number of aromatic nitrogens is 4. The molecule has 5 heteroatoms. The zero-order valence-electron chi connectivity index (χ0n) is 25.2. The summed E-state index contributed by atoms with van der Waals surface area (Å²) < 4.78 is 6.17. The van der Waals surface area contributed by atoms with Gasteiger partial charge in [-0.25, -0.2) is 19.9 Å². The topological polar surface area (TPSA) is 64.7 Å². The van der Waals surface area contributed by atoms with E-state index in [9.17, 15) is 0 Å². The van der Waals surface area contributed by atoms with Gasteiger partial charge < -0.3 is 4.42 Å². The lowest BCUT2D eigenvalue weighted by molar-refractivity contribution is 0.620. The Morgan fingerprint density at radius 1 is 0.340 bits per heavy atom. The van der Waals surface area contributed by atoms with Gasteiger partial charge in [-0.3, -0.25) is 0 Å². The van der Waals surface area contributed by atoms with Crippen LogP contribution in [0.4, 0.5) is 0 Å². The quantitative estimate of drug-likeness (QED) is 0.196. The van der Waals surface area contributed by atoms with Gasteiger partial charge in [-0.15, -0.1) is 0 Å². The zero-order valence-corrected chi connectivity index (χ0v) is 25.2. The largest absolute Gasteiger partial charge is 0.436 e. The third-order valence-corrected chi connectivity index (χ3v) is 8.54. The van der Waals surface area contributed by atoms with Crippen molar-refractivity contribution in [3.05, 3.63) is 158 Å². The fourth-order valence-corrected chi connectivity index (χ4v) is 6.11. The van der Waals surface area contributed by atoms with E-state index in [4.69, 9.17) is 24.4 Å². The molecular formula is C42H26N4O. The van der Waals surface area contributed by atoms with Crippen molar-refractivity contribution in [3.8, 4) is 56.7 Å². The smallest absolute Gasteiger partial charge is 0.227 e. The highest BCUT2D eigenvalue weighted by molar-refractivity contribution is 6.04. The second-order valence-electron chi connectivity index (χ2n) is 11.5. The molecule has 0 spiro atoms. The summed E-state index contributed by atoms with van der Waals surface area (Å²) in [4.78, 5) is 19.7. The molecule has 0 unspecified atom stereocenters. The molecule has 0 bridgehead atoms. The van der Waals surface area contributed by atoms with E-state index >= 15 is 0 Å². The van der Waals surface area contributed by atoms with Crippen LogP contribution in [0.25, 0.3) is 89.4 Å². The Labute approximate surface area is 270 Å². The minimum absolute atomic E-state index is 0.608. The number of oxazole rings is 1. The molecule has 0 aliphatic carbocycles. The van der Waals surface area contributed by atoms with Crippen molar-refractivity contribution in [1.82, 2.24) is 19.9 Å². The SMILES string of the molecule is c1ccc(-c2nc(-c3cccc(-c4ccc(-c5nc6c(ccc7ccccc76)o5)cc4)c3)nc(-c3ccc4ccccc4c3)n2)cc1. The maximum absolute atomic E-state index is 6.17. The highest BCUT2D eigenvalue weighted by Crippen LogP contribution is 2.33. The van der Waals surface area contributed by atoms with Crippen LogP contribution in [0.5, 0.6) is 0 Å². The van der Waals surface area contributed by atoms with Crippen molar-refractivity contribution in [1.29, 1.82) is 0 Å². The average Bonchev–Trinajstić information content (AvgIpc) is 3.60. The van der Waals surface area contributed by atoms with E-state index < -0.39 is 0 Å². The van der Waals surface area contributed by atoms with E-state index in [0.717, 1.165) is 60.6 Å². The first-order valence-electron chi connectivity index (χ1n) is 15.6. The van der Waals surface area contributed by atoms with Gasteiger partial charge in [-0.2, -0.15) is 0 Å². The maximum atomic E-state index is 6.17. The summed E-state index contributed by atoms with van der Waals surface area (Å²) in [5.74, 6) is 2.51. The van der Waals surface area contributed by atoms with Gasteiger partial charge in [0, 0.05) is 27.6 Å². The van der Waals surface area contributed by atoms with E-state index in [2.05, 4.69) is 97.1 Å². The Morgan fingerprint density at radius 3 is 1.72 bits per heavy atom. The van der Waals surface area contributed by atoms with Crippen molar-refractivity contribution in [2.75, 3.05) is 0 Å². The van der Waals surface area contributed by atoms with Crippen molar-refractivity contribution in [2.45, 2.75) is 0 Å². The van der Waals surface area contributed by atoms with Crippen LogP contribution >= 0.6 is 0 Å². The summed E-state index contributed by atoms with van der Waals surface area (Å²) in [5, 5.41) is 4.56. The van der Waals surface area contributed by atoms with Crippen LogP contribution in [0.2, 0.25) is 0 Å². The Morgan fingerprint density at radius 2 is 0.915 bits per heavy atom. The summed E-state index contributed by atoms with van der Waals surface area (Å²) in [6.45, 7) is 0.